The Morgan fingerprint density at radius 1 is 0.980 bits per heavy atom. The highest BCUT2D eigenvalue weighted by molar-refractivity contribution is 6.06. The van der Waals surface area contributed by atoms with Gasteiger partial charge in [-0.05, 0) is 72.6 Å². The van der Waals surface area contributed by atoms with Crippen molar-refractivity contribution < 1.29 is 47.6 Å². The van der Waals surface area contributed by atoms with Gasteiger partial charge >= 0.3 is 5.97 Å². The molecule has 1 saturated carbocycles. The Hall–Kier alpha value is -4.56. The first-order valence-corrected chi connectivity index (χ1v) is 17.0. The van der Waals surface area contributed by atoms with E-state index in [1.807, 2.05) is 60.4 Å². The van der Waals surface area contributed by atoms with E-state index >= 15 is 0 Å². The van der Waals surface area contributed by atoms with E-state index < -0.39 is 58.7 Å². The monoisotopic (exact) mass is 707 g/mol. The Labute approximate surface area is 292 Å². The number of nitrogens with one attached hydrogen (secondary N) is 2. The number of halogens is 3. The van der Waals surface area contributed by atoms with Gasteiger partial charge in [0.05, 0.1) is 18.2 Å². The van der Waals surface area contributed by atoms with Crippen molar-refractivity contribution in [2.45, 2.75) is 75.4 Å². The SMILES string of the molecule is Cc1ccccc1CN(C(=O)C1=C(c2ccc(CCCOc3c(F)ccc(F)c3F)cc2)C[C@]2(C(=O)[C@@H](O)[C@@H](O)C(=O)O)CNC[C@H]1N2)C1CC1. The molecule has 4 atom stereocenters. The summed E-state index contributed by atoms with van der Waals surface area (Å²) >= 11 is 0. The average Bonchev–Trinajstić information content (AvgIpc) is 3.97. The number of ether oxygens (including phenoxy) is 1. The largest absolute Gasteiger partial charge is 0.488 e. The third-order valence-electron chi connectivity index (χ3n) is 9.91. The number of carboxylic acids is 1. The van der Waals surface area contributed by atoms with Crippen LogP contribution in [0.4, 0.5) is 13.2 Å². The highest BCUT2D eigenvalue weighted by Gasteiger charge is 2.53. The fourth-order valence-corrected chi connectivity index (χ4v) is 6.95. The van der Waals surface area contributed by atoms with Gasteiger partial charge in [-0.3, -0.25) is 14.9 Å². The van der Waals surface area contributed by atoms with Gasteiger partial charge in [-0.1, -0.05) is 48.5 Å². The molecule has 0 unspecified atom stereocenters. The summed E-state index contributed by atoms with van der Waals surface area (Å²) in [6, 6.07) is 16.0. The number of hydrogen-bond donors (Lipinski definition) is 5. The number of nitrogens with zero attached hydrogens (tertiary/aromatic N) is 1. The molecule has 2 fully saturated rings. The lowest BCUT2D eigenvalue weighted by atomic mass is 9.72. The summed E-state index contributed by atoms with van der Waals surface area (Å²) in [5, 5.41) is 36.5. The minimum absolute atomic E-state index is 0.0246. The van der Waals surface area contributed by atoms with Crippen LogP contribution in [0.1, 0.15) is 47.9 Å². The molecule has 3 aliphatic rings. The number of ketones is 1. The minimum atomic E-state index is -2.33. The molecule has 1 amide bonds. The van der Waals surface area contributed by atoms with Gasteiger partial charge in [0.25, 0.3) is 5.91 Å². The quantitative estimate of drug-likeness (QED) is 0.126. The number of carboxylic acid groups (broad SMARTS) is 1. The summed E-state index contributed by atoms with van der Waals surface area (Å²) in [5.74, 6) is -7.20. The maximum Gasteiger partial charge on any atom is 0.335 e. The molecule has 2 heterocycles. The lowest BCUT2D eigenvalue weighted by Crippen LogP contribution is -2.73. The van der Waals surface area contributed by atoms with Crippen LogP contribution in [0.5, 0.6) is 5.75 Å². The van der Waals surface area contributed by atoms with Crippen LogP contribution in [0, 0.1) is 24.4 Å². The Morgan fingerprint density at radius 3 is 2.37 bits per heavy atom. The van der Waals surface area contributed by atoms with Crippen molar-refractivity contribution in [3.63, 3.8) is 0 Å². The van der Waals surface area contributed by atoms with Crippen LogP contribution in [-0.2, 0) is 27.3 Å². The third-order valence-corrected chi connectivity index (χ3v) is 9.91. The van der Waals surface area contributed by atoms with E-state index in [-0.39, 0.29) is 38.1 Å². The Bertz CT molecular complexity index is 1850. The molecule has 13 heteroatoms. The number of benzene rings is 3. The molecule has 270 valence electrons. The highest BCUT2D eigenvalue weighted by atomic mass is 19.2. The van der Waals surface area contributed by atoms with Gasteiger partial charge in [-0.2, -0.15) is 4.39 Å². The zero-order chi connectivity index (χ0) is 36.4. The molecule has 0 aromatic heterocycles. The number of amides is 1. The average molecular weight is 708 g/mol. The van der Waals surface area contributed by atoms with Crippen LogP contribution in [0.25, 0.3) is 5.57 Å². The number of aliphatic carboxylic acids is 1. The number of aliphatic hydroxyl groups excluding tert-OH is 2. The number of carbonyl (C=O) groups is 3. The van der Waals surface area contributed by atoms with E-state index in [2.05, 4.69) is 10.6 Å². The zero-order valence-electron chi connectivity index (χ0n) is 28.0. The van der Waals surface area contributed by atoms with E-state index in [1.54, 1.807) is 0 Å². The smallest absolute Gasteiger partial charge is 0.335 e. The van der Waals surface area contributed by atoms with Crippen LogP contribution < -0.4 is 15.4 Å². The molecule has 3 aromatic rings. The molecule has 0 spiro atoms. The minimum Gasteiger partial charge on any atom is -0.488 e. The van der Waals surface area contributed by atoms with Crippen molar-refractivity contribution in [1.29, 1.82) is 0 Å². The summed E-state index contributed by atoms with van der Waals surface area (Å²) < 4.78 is 46.6. The van der Waals surface area contributed by atoms with E-state index in [0.717, 1.165) is 35.6 Å². The molecule has 5 N–H and O–H groups in total. The summed E-state index contributed by atoms with van der Waals surface area (Å²) in [7, 11) is 0. The van der Waals surface area contributed by atoms with Gasteiger partial charge in [0.15, 0.2) is 35.4 Å². The standard InChI is InChI=1S/C38H40F3N3O7/c1-21-5-2-3-7-24(21)19-44(25-12-13-25)36(48)30-26(17-38(20-42-18-29(30)43-38)35(47)32(45)33(46)37(49)50)23-10-8-22(9-11-23)6-4-16-51-34-28(40)15-14-27(39)31(34)41/h2-3,5,7-11,14-15,25,29,32-33,42-43,45-46H,4,6,12-13,16-20H2,1H3,(H,49,50)/t29-,32+,33-,38-/m1/s1. The molecular formula is C38H40F3N3O7. The second-order valence-electron chi connectivity index (χ2n) is 13.5. The third kappa shape index (κ3) is 7.57. The molecule has 3 aromatic carbocycles. The van der Waals surface area contributed by atoms with Gasteiger partial charge in [0, 0.05) is 37.7 Å². The van der Waals surface area contributed by atoms with Gasteiger partial charge in [-0.15, -0.1) is 0 Å². The molecule has 1 aliphatic carbocycles. The van der Waals surface area contributed by atoms with Crippen LogP contribution in [0.15, 0.2) is 66.2 Å². The second-order valence-corrected chi connectivity index (χ2v) is 13.5. The van der Waals surface area contributed by atoms with E-state index in [1.165, 1.54) is 0 Å². The number of piperazine rings is 1. The molecule has 6 rings (SSSR count). The first-order valence-electron chi connectivity index (χ1n) is 17.0. The van der Waals surface area contributed by atoms with E-state index in [4.69, 9.17) is 4.74 Å². The van der Waals surface area contributed by atoms with Crippen LogP contribution in [0.3, 0.4) is 0 Å². The first kappa shape index (κ1) is 36.2. The predicted octanol–water partition coefficient (Wildman–Crippen LogP) is 3.45. The number of rotatable bonds is 14. The van der Waals surface area contributed by atoms with Crippen molar-refractivity contribution in [2.75, 3.05) is 19.7 Å². The molecule has 51 heavy (non-hydrogen) atoms. The van der Waals surface area contributed by atoms with Crippen LogP contribution in [-0.4, -0.2) is 87.4 Å². The van der Waals surface area contributed by atoms with E-state index in [0.29, 0.717) is 42.2 Å². The molecule has 2 bridgehead atoms. The Balaban J connectivity index is 1.30. The molecular weight excluding hydrogens is 667 g/mol. The Kier molecular flexibility index (Phi) is 10.6. The van der Waals surface area contributed by atoms with Gasteiger partial charge < -0.3 is 30.3 Å². The lowest BCUT2D eigenvalue weighted by molar-refractivity contribution is -0.159. The summed E-state index contributed by atoms with van der Waals surface area (Å²) in [4.78, 5) is 41.8. The fourth-order valence-electron chi connectivity index (χ4n) is 6.95. The topological polar surface area (TPSA) is 148 Å². The zero-order valence-corrected chi connectivity index (χ0v) is 28.0. The number of hydrogen-bond acceptors (Lipinski definition) is 8. The summed E-state index contributed by atoms with van der Waals surface area (Å²) in [6.07, 6.45) is -2.09. The maximum absolute atomic E-state index is 14.7. The van der Waals surface area contributed by atoms with Crippen molar-refractivity contribution >= 4 is 23.2 Å². The summed E-state index contributed by atoms with van der Waals surface area (Å²) in [5.41, 5.74) is 3.06. The highest BCUT2D eigenvalue weighted by Crippen LogP contribution is 2.40. The fraction of sp³-hybridized carbons (Fsp3) is 0.395. The number of carbonyl (C=O) groups excluding carboxylic acids is 2. The van der Waals surface area contributed by atoms with Crippen molar-refractivity contribution in [1.82, 2.24) is 15.5 Å². The summed E-state index contributed by atoms with van der Waals surface area (Å²) in [6.45, 7) is 2.62. The molecule has 0 radical (unpaired) electrons. The molecule has 1 saturated heterocycles. The molecule has 2 aliphatic heterocycles. The number of aryl methyl sites for hydroxylation is 2. The van der Waals surface area contributed by atoms with Gasteiger partial charge in [0.1, 0.15) is 0 Å². The van der Waals surface area contributed by atoms with Gasteiger partial charge in [-0.25, -0.2) is 13.6 Å². The first-order chi connectivity index (χ1) is 24.4. The second kappa shape index (κ2) is 15.0. The van der Waals surface area contributed by atoms with E-state index in [9.17, 15) is 42.9 Å². The van der Waals surface area contributed by atoms with Crippen molar-refractivity contribution in [3.8, 4) is 5.75 Å². The van der Waals surface area contributed by atoms with Crippen molar-refractivity contribution in [3.05, 3.63) is 106 Å². The lowest BCUT2D eigenvalue weighted by Gasteiger charge is -2.48. The van der Waals surface area contributed by atoms with Gasteiger partial charge in [0.2, 0.25) is 5.82 Å². The number of Topliss-reactive ketones (excluding diaryl/α,β-unsaturated/α-hetero) is 1. The van der Waals surface area contributed by atoms with Crippen LogP contribution in [0.2, 0.25) is 0 Å². The van der Waals surface area contributed by atoms with Crippen LogP contribution >= 0.6 is 0 Å². The Morgan fingerprint density at radius 2 is 1.69 bits per heavy atom. The maximum atomic E-state index is 14.7. The normalized spacial score (nSPS) is 21.2. The molecule has 10 nitrogen and oxygen atoms in total. The number of fused-ring (bicyclic) bond motifs is 2. The number of aliphatic hydroxyl groups is 2. The predicted molar refractivity (Wildman–Crippen MR) is 180 cm³/mol. The van der Waals surface area contributed by atoms with Crippen molar-refractivity contribution in [2.24, 2.45) is 0 Å².